The third-order valence-corrected chi connectivity index (χ3v) is 3.35. The number of hydrogen-bond donors (Lipinski definition) is 1. The Morgan fingerprint density at radius 2 is 1.82 bits per heavy atom. The average molecular weight is 176 g/mol. The molecule has 0 radical (unpaired) electrons. The molecule has 0 fully saturated rings. The highest BCUT2D eigenvalue weighted by atomic mass is 32.2. The van der Waals surface area contributed by atoms with Crippen LogP contribution in [0.3, 0.4) is 0 Å². The van der Waals surface area contributed by atoms with E-state index in [9.17, 15) is 0 Å². The van der Waals surface area contributed by atoms with Gasteiger partial charge < -0.3 is 5.32 Å². The van der Waals surface area contributed by atoms with Gasteiger partial charge in [-0.25, -0.2) is 0 Å². The predicted octanol–water partition coefficient (Wildman–Crippen LogP) is 1.58. The lowest BCUT2D eigenvalue weighted by Gasteiger charge is -2.30. The van der Waals surface area contributed by atoms with Gasteiger partial charge in [0, 0.05) is 0 Å². The molecule has 0 aromatic carbocycles. The third kappa shape index (κ3) is 4.67. The van der Waals surface area contributed by atoms with Crippen LogP contribution in [0.1, 0.15) is 20.8 Å². The molecule has 0 rings (SSSR count). The molecule has 0 saturated carbocycles. The molecule has 68 valence electrons. The van der Waals surface area contributed by atoms with E-state index in [1.165, 1.54) is 0 Å². The van der Waals surface area contributed by atoms with Crippen molar-refractivity contribution in [3.8, 4) is 0 Å². The van der Waals surface area contributed by atoms with Gasteiger partial charge in [-0.05, 0) is 41.9 Å². The van der Waals surface area contributed by atoms with Crippen LogP contribution in [0.4, 0.5) is 0 Å². The van der Waals surface area contributed by atoms with E-state index in [0.717, 1.165) is 0 Å². The first kappa shape index (κ1) is 11.3. The van der Waals surface area contributed by atoms with E-state index in [0.29, 0.717) is 5.37 Å². The maximum atomic E-state index is 3.26. The van der Waals surface area contributed by atoms with Gasteiger partial charge in [0.1, 0.15) is 0 Å². The number of nitrogens with one attached hydrogen (secondary N) is 1. The van der Waals surface area contributed by atoms with Gasteiger partial charge in [-0.2, -0.15) is 0 Å². The van der Waals surface area contributed by atoms with Gasteiger partial charge in [0.15, 0.2) is 0 Å². The average Bonchev–Trinajstić information content (AvgIpc) is 1.87. The lowest BCUT2D eigenvalue weighted by Crippen LogP contribution is -2.37. The molecule has 0 aliphatic rings. The molecule has 0 bridgehead atoms. The fraction of sp³-hybridized carbons (Fsp3) is 1.00. The number of nitrogens with zero attached hydrogens (tertiary/aromatic N) is 1. The van der Waals surface area contributed by atoms with Gasteiger partial charge in [0.2, 0.25) is 0 Å². The Hall–Kier alpha value is 0.270. The van der Waals surface area contributed by atoms with Crippen molar-refractivity contribution in [1.29, 1.82) is 0 Å². The molecule has 3 heteroatoms. The molecule has 0 heterocycles. The van der Waals surface area contributed by atoms with Crippen LogP contribution >= 0.6 is 11.8 Å². The van der Waals surface area contributed by atoms with Gasteiger partial charge in [-0.1, -0.05) is 0 Å². The van der Waals surface area contributed by atoms with Crippen molar-refractivity contribution < 1.29 is 0 Å². The second-order valence-electron chi connectivity index (χ2n) is 3.44. The van der Waals surface area contributed by atoms with Crippen LogP contribution in [0.15, 0.2) is 0 Å². The van der Waals surface area contributed by atoms with Crippen molar-refractivity contribution >= 4 is 11.8 Å². The van der Waals surface area contributed by atoms with Gasteiger partial charge in [0.05, 0.1) is 10.2 Å². The van der Waals surface area contributed by atoms with Crippen molar-refractivity contribution in [3.05, 3.63) is 0 Å². The van der Waals surface area contributed by atoms with Gasteiger partial charge in [-0.15, -0.1) is 11.8 Å². The standard InChI is InChI=1S/C8H20N2S/c1-7(10(5)6)11-8(2,3)9-4/h7,9H,1-6H3. The van der Waals surface area contributed by atoms with E-state index in [4.69, 9.17) is 0 Å². The monoisotopic (exact) mass is 176 g/mol. The fourth-order valence-corrected chi connectivity index (χ4v) is 1.77. The quantitative estimate of drug-likeness (QED) is 0.655. The highest BCUT2D eigenvalue weighted by Crippen LogP contribution is 2.26. The van der Waals surface area contributed by atoms with Crippen molar-refractivity contribution in [2.24, 2.45) is 0 Å². The fourth-order valence-electron chi connectivity index (χ4n) is 0.591. The van der Waals surface area contributed by atoms with Crippen LogP contribution in [-0.4, -0.2) is 36.3 Å². The Morgan fingerprint density at radius 3 is 2.09 bits per heavy atom. The van der Waals surface area contributed by atoms with Crippen LogP contribution in [0.2, 0.25) is 0 Å². The van der Waals surface area contributed by atoms with Crippen LogP contribution in [-0.2, 0) is 0 Å². The molecule has 0 saturated heterocycles. The Balaban J connectivity index is 3.83. The van der Waals surface area contributed by atoms with Crippen molar-refractivity contribution in [3.63, 3.8) is 0 Å². The maximum absolute atomic E-state index is 3.26. The minimum atomic E-state index is 0.170. The Morgan fingerprint density at radius 1 is 1.36 bits per heavy atom. The highest BCUT2D eigenvalue weighted by molar-refractivity contribution is 8.01. The first-order valence-electron chi connectivity index (χ1n) is 3.92. The number of rotatable bonds is 4. The zero-order chi connectivity index (χ0) is 9.07. The first-order chi connectivity index (χ1) is 4.89. The largest absolute Gasteiger partial charge is 0.306 e. The first-order valence-corrected chi connectivity index (χ1v) is 4.80. The van der Waals surface area contributed by atoms with Crippen molar-refractivity contribution in [2.45, 2.75) is 31.0 Å². The molecule has 2 nitrogen and oxygen atoms in total. The molecule has 0 amide bonds. The molecular formula is C8H20N2S. The normalized spacial score (nSPS) is 15.5. The van der Waals surface area contributed by atoms with E-state index >= 15 is 0 Å². The maximum Gasteiger partial charge on any atom is 0.0601 e. The third-order valence-electron chi connectivity index (χ3n) is 1.79. The smallest absolute Gasteiger partial charge is 0.0601 e. The van der Waals surface area contributed by atoms with E-state index in [2.05, 4.69) is 45.1 Å². The summed E-state index contributed by atoms with van der Waals surface area (Å²) in [6.07, 6.45) is 0. The minimum absolute atomic E-state index is 0.170. The molecule has 1 N–H and O–H groups in total. The summed E-state index contributed by atoms with van der Waals surface area (Å²) in [4.78, 5) is 2.38. The van der Waals surface area contributed by atoms with Crippen molar-refractivity contribution in [2.75, 3.05) is 21.1 Å². The minimum Gasteiger partial charge on any atom is -0.306 e. The number of hydrogen-bond acceptors (Lipinski definition) is 3. The summed E-state index contributed by atoms with van der Waals surface area (Å²) in [5, 5.41) is 3.82. The second kappa shape index (κ2) is 4.33. The number of thioether (sulfide) groups is 1. The highest BCUT2D eigenvalue weighted by Gasteiger charge is 2.19. The SMILES string of the molecule is CNC(C)(C)SC(C)N(C)C. The molecule has 0 aliphatic carbocycles. The zero-order valence-electron chi connectivity index (χ0n) is 8.43. The lowest BCUT2D eigenvalue weighted by atomic mass is 10.4. The van der Waals surface area contributed by atoms with E-state index in [1.807, 2.05) is 18.8 Å². The Labute approximate surface area is 74.7 Å². The summed E-state index contributed by atoms with van der Waals surface area (Å²) in [6, 6.07) is 0. The van der Waals surface area contributed by atoms with Crippen molar-refractivity contribution in [1.82, 2.24) is 10.2 Å². The van der Waals surface area contributed by atoms with Gasteiger partial charge in [0.25, 0.3) is 0 Å². The Bertz CT molecular complexity index is 113. The van der Waals surface area contributed by atoms with E-state index in [1.54, 1.807) is 0 Å². The summed E-state index contributed by atoms with van der Waals surface area (Å²) in [6.45, 7) is 6.60. The van der Waals surface area contributed by atoms with Gasteiger partial charge >= 0.3 is 0 Å². The zero-order valence-corrected chi connectivity index (χ0v) is 9.25. The molecule has 1 atom stereocenters. The predicted molar refractivity (Wildman–Crippen MR) is 53.9 cm³/mol. The summed E-state index contributed by atoms with van der Waals surface area (Å²) in [5.41, 5.74) is 0. The molecule has 0 aliphatic heterocycles. The summed E-state index contributed by atoms with van der Waals surface area (Å²) >= 11 is 1.92. The summed E-state index contributed by atoms with van der Waals surface area (Å²) in [7, 11) is 6.20. The summed E-state index contributed by atoms with van der Waals surface area (Å²) in [5.74, 6) is 0. The van der Waals surface area contributed by atoms with Crippen LogP contribution in [0, 0.1) is 0 Å². The van der Waals surface area contributed by atoms with Crippen LogP contribution in [0.25, 0.3) is 0 Å². The molecule has 0 spiro atoms. The topological polar surface area (TPSA) is 15.3 Å². The van der Waals surface area contributed by atoms with E-state index in [-0.39, 0.29) is 4.87 Å². The molecule has 1 unspecified atom stereocenters. The van der Waals surface area contributed by atoms with Gasteiger partial charge in [-0.3, -0.25) is 4.90 Å². The molecule has 0 aromatic heterocycles. The van der Waals surface area contributed by atoms with Crippen LogP contribution < -0.4 is 5.32 Å². The molecular weight excluding hydrogens is 156 g/mol. The van der Waals surface area contributed by atoms with Crippen LogP contribution in [0.5, 0.6) is 0 Å². The lowest BCUT2D eigenvalue weighted by molar-refractivity contribution is 0.397. The van der Waals surface area contributed by atoms with E-state index < -0.39 is 0 Å². The Kier molecular flexibility index (Phi) is 4.44. The summed E-state index contributed by atoms with van der Waals surface area (Å²) < 4.78 is 0. The molecule has 0 aromatic rings. The molecule has 11 heavy (non-hydrogen) atoms. The second-order valence-corrected chi connectivity index (χ2v) is 5.38.